The number of aromatic nitrogens is 2. The summed E-state index contributed by atoms with van der Waals surface area (Å²) in [5.41, 5.74) is 2.21. The van der Waals surface area contributed by atoms with Crippen molar-refractivity contribution in [3.8, 4) is 16.9 Å². The SMILES string of the molecule is Cc1nc2c(=O)n(C3CC3)c3c(C)c(-c4cc(F)c(O)cc4F)ccc3c2o1. The van der Waals surface area contributed by atoms with E-state index in [1.807, 2.05) is 0 Å². The van der Waals surface area contributed by atoms with Gasteiger partial charge in [0.15, 0.2) is 28.6 Å². The highest BCUT2D eigenvalue weighted by atomic mass is 19.1. The number of benzene rings is 2. The largest absolute Gasteiger partial charge is 0.505 e. The van der Waals surface area contributed by atoms with Gasteiger partial charge in [0.1, 0.15) is 5.82 Å². The molecule has 0 radical (unpaired) electrons. The van der Waals surface area contributed by atoms with Gasteiger partial charge in [-0.1, -0.05) is 6.07 Å². The number of phenolic OH excluding ortho intramolecular Hbond substituents is 1. The molecule has 2 aromatic carbocycles. The summed E-state index contributed by atoms with van der Waals surface area (Å²) < 4.78 is 35.8. The maximum atomic E-state index is 14.5. The lowest BCUT2D eigenvalue weighted by Crippen LogP contribution is -2.20. The number of fused-ring (bicyclic) bond motifs is 3. The standard InChI is InChI=1S/C21H16F2N2O3/c1-9-12(14-7-16(23)17(26)8-15(14)22)5-6-13-19(9)25(11-3-4-11)21(27)18-20(13)28-10(2)24-18/h5-8,11,26H,3-4H2,1-2H3. The summed E-state index contributed by atoms with van der Waals surface area (Å²) in [7, 11) is 0. The van der Waals surface area contributed by atoms with E-state index >= 15 is 0 Å². The highest BCUT2D eigenvalue weighted by molar-refractivity contribution is 6.04. The normalized spacial score (nSPS) is 14.3. The summed E-state index contributed by atoms with van der Waals surface area (Å²) in [5.74, 6) is -1.99. The van der Waals surface area contributed by atoms with E-state index in [9.17, 15) is 18.7 Å². The van der Waals surface area contributed by atoms with Crippen molar-refractivity contribution in [2.45, 2.75) is 32.7 Å². The number of rotatable bonds is 2. The number of hydrogen-bond donors (Lipinski definition) is 1. The molecular formula is C21H16F2N2O3. The molecule has 1 fully saturated rings. The van der Waals surface area contributed by atoms with Crippen LogP contribution in [0.2, 0.25) is 0 Å². The van der Waals surface area contributed by atoms with Crippen molar-refractivity contribution in [3.63, 3.8) is 0 Å². The van der Waals surface area contributed by atoms with E-state index in [0.717, 1.165) is 25.0 Å². The molecule has 4 aromatic rings. The molecular weight excluding hydrogens is 366 g/mol. The molecule has 0 aliphatic heterocycles. The summed E-state index contributed by atoms with van der Waals surface area (Å²) >= 11 is 0. The van der Waals surface area contributed by atoms with Gasteiger partial charge >= 0.3 is 0 Å². The second-order valence-corrected chi connectivity index (χ2v) is 7.23. The second kappa shape index (κ2) is 5.64. The first-order valence-electron chi connectivity index (χ1n) is 9.00. The third kappa shape index (κ3) is 2.28. The zero-order chi connectivity index (χ0) is 19.7. The molecule has 142 valence electrons. The average Bonchev–Trinajstić information content (AvgIpc) is 3.40. The summed E-state index contributed by atoms with van der Waals surface area (Å²) in [6, 6.07) is 5.20. The average molecular weight is 382 g/mol. The Labute approximate surface area is 157 Å². The third-order valence-corrected chi connectivity index (χ3v) is 5.31. The van der Waals surface area contributed by atoms with Gasteiger partial charge < -0.3 is 14.1 Å². The Morgan fingerprint density at radius 1 is 1.14 bits per heavy atom. The van der Waals surface area contributed by atoms with E-state index in [4.69, 9.17) is 4.42 Å². The Balaban J connectivity index is 1.92. The van der Waals surface area contributed by atoms with E-state index < -0.39 is 17.4 Å². The molecule has 0 saturated heterocycles. The van der Waals surface area contributed by atoms with Gasteiger partial charge in [0.25, 0.3) is 5.56 Å². The summed E-state index contributed by atoms with van der Waals surface area (Å²) in [6.07, 6.45) is 1.76. The van der Waals surface area contributed by atoms with Crippen LogP contribution in [0.15, 0.2) is 33.5 Å². The van der Waals surface area contributed by atoms with Crippen molar-refractivity contribution in [1.29, 1.82) is 0 Å². The van der Waals surface area contributed by atoms with Gasteiger partial charge in [0.2, 0.25) is 0 Å². The summed E-state index contributed by atoms with van der Waals surface area (Å²) in [6.45, 7) is 3.46. The Hall–Kier alpha value is -3.22. The minimum atomic E-state index is -0.906. The van der Waals surface area contributed by atoms with Crippen LogP contribution in [-0.4, -0.2) is 14.7 Å². The monoisotopic (exact) mass is 382 g/mol. The zero-order valence-corrected chi connectivity index (χ0v) is 15.2. The van der Waals surface area contributed by atoms with Gasteiger partial charge in [-0.05, 0) is 43.0 Å². The third-order valence-electron chi connectivity index (χ3n) is 5.31. The summed E-state index contributed by atoms with van der Waals surface area (Å²) in [5, 5.41) is 10.1. The maximum absolute atomic E-state index is 14.5. The first-order chi connectivity index (χ1) is 13.4. The minimum absolute atomic E-state index is 0.0262. The highest BCUT2D eigenvalue weighted by Gasteiger charge is 2.30. The predicted octanol–water partition coefficient (Wildman–Crippen LogP) is 4.75. The highest BCUT2D eigenvalue weighted by Crippen LogP contribution is 2.41. The van der Waals surface area contributed by atoms with E-state index in [1.165, 1.54) is 0 Å². The van der Waals surface area contributed by atoms with E-state index in [0.29, 0.717) is 33.5 Å². The number of phenols is 1. The molecule has 0 amide bonds. The number of halogens is 2. The van der Waals surface area contributed by atoms with Gasteiger partial charge in [0, 0.05) is 30.0 Å². The van der Waals surface area contributed by atoms with E-state index in [-0.39, 0.29) is 22.7 Å². The van der Waals surface area contributed by atoms with Crippen LogP contribution in [0.1, 0.15) is 30.3 Å². The predicted molar refractivity (Wildman–Crippen MR) is 101 cm³/mol. The number of aryl methyl sites for hydroxylation is 2. The number of hydrogen-bond acceptors (Lipinski definition) is 4. The molecule has 2 heterocycles. The van der Waals surface area contributed by atoms with Crippen molar-refractivity contribution in [2.75, 3.05) is 0 Å². The fourth-order valence-electron chi connectivity index (χ4n) is 3.88. The van der Waals surface area contributed by atoms with Crippen LogP contribution in [0.25, 0.3) is 33.1 Å². The topological polar surface area (TPSA) is 68.3 Å². The van der Waals surface area contributed by atoms with Crippen molar-refractivity contribution >= 4 is 22.0 Å². The van der Waals surface area contributed by atoms with Crippen LogP contribution in [0.3, 0.4) is 0 Å². The smallest absolute Gasteiger partial charge is 0.281 e. The molecule has 1 aliphatic rings. The minimum Gasteiger partial charge on any atom is -0.505 e. The fraction of sp³-hybridized carbons (Fsp3) is 0.238. The van der Waals surface area contributed by atoms with Crippen LogP contribution in [0.4, 0.5) is 8.78 Å². The van der Waals surface area contributed by atoms with Crippen molar-refractivity contribution in [2.24, 2.45) is 0 Å². The number of pyridine rings is 1. The Morgan fingerprint density at radius 3 is 2.61 bits per heavy atom. The molecule has 5 nitrogen and oxygen atoms in total. The number of oxazole rings is 1. The van der Waals surface area contributed by atoms with Crippen LogP contribution < -0.4 is 5.56 Å². The second-order valence-electron chi connectivity index (χ2n) is 7.23. The molecule has 1 N–H and O–H groups in total. The molecule has 28 heavy (non-hydrogen) atoms. The van der Waals surface area contributed by atoms with Crippen molar-refractivity contribution < 1.29 is 18.3 Å². The lowest BCUT2D eigenvalue weighted by molar-refractivity contribution is 0.427. The van der Waals surface area contributed by atoms with Gasteiger partial charge in [-0.2, -0.15) is 0 Å². The Bertz CT molecular complexity index is 1350. The van der Waals surface area contributed by atoms with Crippen LogP contribution in [-0.2, 0) is 0 Å². The molecule has 0 bridgehead atoms. The van der Waals surface area contributed by atoms with Gasteiger partial charge in [-0.25, -0.2) is 13.8 Å². The molecule has 1 saturated carbocycles. The van der Waals surface area contributed by atoms with E-state index in [1.54, 1.807) is 30.5 Å². The van der Waals surface area contributed by atoms with Gasteiger partial charge in [-0.15, -0.1) is 0 Å². The van der Waals surface area contributed by atoms with Crippen LogP contribution in [0.5, 0.6) is 5.75 Å². The first-order valence-corrected chi connectivity index (χ1v) is 9.00. The van der Waals surface area contributed by atoms with Gasteiger partial charge in [-0.3, -0.25) is 4.79 Å². The Morgan fingerprint density at radius 2 is 1.89 bits per heavy atom. The molecule has 2 aromatic heterocycles. The molecule has 1 aliphatic carbocycles. The maximum Gasteiger partial charge on any atom is 0.281 e. The van der Waals surface area contributed by atoms with Gasteiger partial charge in [0.05, 0.1) is 5.52 Å². The summed E-state index contributed by atoms with van der Waals surface area (Å²) in [4.78, 5) is 17.3. The zero-order valence-electron chi connectivity index (χ0n) is 15.2. The van der Waals surface area contributed by atoms with Crippen LogP contribution in [0, 0.1) is 25.5 Å². The molecule has 5 rings (SSSR count). The lowest BCUT2D eigenvalue weighted by atomic mass is 9.96. The quantitative estimate of drug-likeness (QED) is 0.543. The number of aromatic hydroxyl groups is 1. The van der Waals surface area contributed by atoms with Crippen molar-refractivity contribution in [1.82, 2.24) is 9.55 Å². The number of nitrogens with zero attached hydrogens (tertiary/aromatic N) is 2. The lowest BCUT2D eigenvalue weighted by Gasteiger charge is -2.16. The molecule has 0 atom stereocenters. The molecule has 0 unspecified atom stereocenters. The van der Waals surface area contributed by atoms with Crippen LogP contribution >= 0.6 is 0 Å². The fourth-order valence-corrected chi connectivity index (χ4v) is 3.88. The molecule has 0 spiro atoms. The molecule has 7 heteroatoms. The van der Waals surface area contributed by atoms with E-state index in [2.05, 4.69) is 4.98 Å². The Kier molecular flexibility index (Phi) is 3.41. The van der Waals surface area contributed by atoms with Crippen molar-refractivity contribution in [3.05, 3.63) is 57.7 Å². The first kappa shape index (κ1) is 16.9.